The third-order valence-corrected chi connectivity index (χ3v) is 8.98. The number of benzene rings is 3. The van der Waals surface area contributed by atoms with E-state index in [0.29, 0.717) is 42.4 Å². The van der Waals surface area contributed by atoms with Crippen molar-refractivity contribution in [3.8, 4) is 11.5 Å². The number of halogens is 1. The third kappa shape index (κ3) is 3.39. The fraction of sp³-hybridized carbons (Fsp3) is 0.182. The van der Waals surface area contributed by atoms with Gasteiger partial charge in [-0.2, -0.15) is 0 Å². The van der Waals surface area contributed by atoms with E-state index in [0.717, 1.165) is 6.07 Å². The summed E-state index contributed by atoms with van der Waals surface area (Å²) >= 11 is 0. The van der Waals surface area contributed by atoms with E-state index in [1.54, 1.807) is 6.07 Å². The minimum absolute atomic E-state index is 0.0536. The van der Waals surface area contributed by atoms with Gasteiger partial charge in [0.05, 0.1) is 20.4 Å². The van der Waals surface area contributed by atoms with Crippen molar-refractivity contribution in [2.45, 2.75) is 21.1 Å². The zero-order chi connectivity index (χ0) is 22.5. The zero-order valence-electron chi connectivity index (χ0n) is 16.7. The van der Waals surface area contributed by atoms with Crippen LogP contribution in [-0.2, 0) is 26.3 Å². The van der Waals surface area contributed by atoms with Crippen molar-refractivity contribution in [2.75, 3.05) is 24.1 Å². The fourth-order valence-corrected chi connectivity index (χ4v) is 6.71. The molecule has 2 heterocycles. The van der Waals surface area contributed by atoms with E-state index in [1.807, 2.05) is 0 Å². The van der Waals surface area contributed by atoms with Gasteiger partial charge in [0.2, 0.25) is 9.84 Å². The molecule has 0 atom stereocenters. The van der Waals surface area contributed by atoms with Gasteiger partial charge in [0.15, 0.2) is 11.5 Å². The molecule has 0 bridgehead atoms. The molecule has 0 fully saturated rings. The smallest absolute Gasteiger partial charge is 0.264 e. The molecule has 7 nitrogen and oxygen atoms in total. The van der Waals surface area contributed by atoms with Crippen molar-refractivity contribution in [2.24, 2.45) is 0 Å². The molecule has 0 saturated heterocycles. The second-order valence-electron chi connectivity index (χ2n) is 7.38. The molecule has 10 heteroatoms. The predicted molar refractivity (Wildman–Crippen MR) is 114 cm³/mol. The van der Waals surface area contributed by atoms with E-state index in [2.05, 4.69) is 0 Å². The Morgan fingerprint density at radius 2 is 1.50 bits per heavy atom. The maximum atomic E-state index is 13.6. The van der Waals surface area contributed by atoms with Gasteiger partial charge in [-0.25, -0.2) is 21.2 Å². The van der Waals surface area contributed by atoms with E-state index >= 15 is 0 Å². The standard InChI is InChI=1S/C22H18FNO6S2/c23-16-2-1-3-19(13-16)32(27,28)24-9-8-15-12-17(4-6-20(15)24)31(25,26)18-5-7-21-22(14-18)30-11-10-29-21/h1-7,12-14H,8-11H2. The first-order valence-corrected chi connectivity index (χ1v) is 12.8. The molecule has 0 unspecified atom stereocenters. The van der Waals surface area contributed by atoms with E-state index in [-0.39, 0.29) is 21.2 Å². The highest BCUT2D eigenvalue weighted by Crippen LogP contribution is 2.37. The normalized spacial score (nSPS) is 15.5. The van der Waals surface area contributed by atoms with E-state index in [9.17, 15) is 21.2 Å². The van der Waals surface area contributed by atoms with E-state index < -0.39 is 25.7 Å². The lowest BCUT2D eigenvalue weighted by Gasteiger charge is -2.20. The van der Waals surface area contributed by atoms with E-state index in [4.69, 9.17) is 9.47 Å². The minimum Gasteiger partial charge on any atom is -0.486 e. The van der Waals surface area contributed by atoms with Gasteiger partial charge in [0.25, 0.3) is 10.0 Å². The molecule has 3 aromatic rings. The molecule has 0 saturated carbocycles. The Balaban J connectivity index is 1.50. The van der Waals surface area contributed by atoms with Crippen LogP contribution in [-0.4, -0.2) is 36.6 Å². The summed E-state index contributed by atoms with van der Waals surface area (Å²) in [6.45, 7) is 0.881. The highest BCUT2D eigenvalue weighted by molar-refractivity contribution is 7.93. The predicted octanol–water partition coefficient (Wildman–Crippen LogP) is 3.18. The lowest BCUT2D eigenvalue weighted by molar-refractivity contribution is 0.171. The van der Waals surface area contributed by atoms with Gasteiger partial charge in [-0.1, -0.05) is 6.07 Å². The van der Waals surface area contributed by atoms with Crippen molar-refractivity contribution in [3.05, 3.63) is 72.0 Å². The number of fused-ring (bicyclic) bond motifs is 2. The maximum absolute atomic E-state index is 13.6. The monoisotopic (exact) mass is 475 g/mol. The van der Waals surface area contributed by atoms with Crippen LogP contribution in [0.5, 0.6) is 11.5 Å². The molecule has 0 aromatic heterocycles. The van der Waals surface area contributed by atoms with Crippen molar-refractivity contribution in [1.82, 2.24) is 0 Å². The van der Waals surface area contributed by atoms with Crippen molar-refractivity contribution in [1.29, 1.82) is 0 Å². The van der Waals surface area contributed by atoms with Gasteiger partial charge < -0.3 is 9.47 Å². The van der Waals surface area contributed by atoms with Crippen LogP contribution in [0.15, 0.2) is 75.4 Å². The Morgan fingerprint density at radius 1 is 0.781 bits per heavy atom. The molecule has 166 valence electrons. The summed E-state index contributed by atoms with van der Waals surface area (Å²) in [5.74, 6) is 0.208. The molecule has 0 N–H and O–H groups in total. The third-order valence-electron chi connectivity index (χ3n) is 5.42. The molecule has 2 aliphatic rings. The van der Waals surface area contributed by atoms with Crippen molar-refractivity contribution < 1.29 is 30.7 Å². The van der Waals surface area contributed by atoms with Gasteiger partial charge in [0, 0.05) is 12.6 Å². The molecule has 3 aromatic carbocycles. The number of hydrogen-bond acceptors (Lipinski definition) is 6. The molecular formula is C22H18FNO6S2. The maximum Gasteiger partial charge on any atom is 0.264 e. The molecule has 5 rings (SSSR count). The molecule has 0 spiro atoms. The first-order valence-electron chi connectivity index (χ1n) is 9.83. The summed E-state index contributed by atoms with van der Waals surface area (Å²) in [5, 5.41) is 0. The number of anilines is 1. The van der Waals surface area contributed by atoms with Gasteiger partial charge in [-0.05, 0) is 60.5 Å². The molecule has 32 heavy (non-hydrogen) atoms. The Kier molecular flexibility index (Phi) is 4.86. The Morgan fingerprint density at radius 3 is 2.28 bits per heavy atom. The first kappa shape index (κ1) is 20.8. The van der Waals surface area contributed by atoms with Crippen LogP contribution in [0.3, 0.4) is 0 Å². The highest BCUT2D eigenvalue weighted by Gasteiger charge is 2.32. The summed E-state index contributed by atoms with van der Waals surface area (Å²) in [6.07, 6.45) is 0.342. The summed E-state index contributed by atoms with van der Waals surface area (Å²) in [6, 6.07) is 13.6. The van der Waals surface area contributed by atoms with Crippen molar-refractivity contribution >= 4 is 25.5 Å². The number of nitrogens with zero attached hydrogens (tertiary/aromatic N) is 1. The average molecular weight is 476 g/mol. The summed E-state index contributed by atoms with van der Waals surface area (Å²) in [4.78, 5) is -0.0415. The lowest BCUT2D eigenvalue weighted by atomic mass is 10.2. The Bertz CT molecular complexity index is 1440. The number of rotatable bonds is 4. The highest BCUT2D eigenvalue weighted by atomic mass is 32.2. The van der Waals surface area contributed by atoms with Crippen LogP contribution in [0.4, 0.5) is 10.1 Å². The van der Waals surface area contributed by atoms with E-state index in [1.165, 1.54) is 52.8 Å². The van der Waals surface area contributed by atoms with Crippen molar-refractivity contribution in [3.63, 3.8) is 0 Å². The second kappa shape index (κ2) is 7.49. The quantitative estimate of drug-likeness (QED) is 0.576. The molecule has 0 amide bonds. The summed E-state index contributed by atoms with van der Waals surface area (Å²) in [7, 11) is -7.83. The second-order valence-corrected chi connectivity index (χ2v) is 11.2. The fourth-order valence-electron chi connectivity index (χ4n) is 3.85. The summed E-state index contributed by atoms with van der Waals surface area (Å²) in [5.41, 5.74) is 0.971. The number of hydrogen-bond donors (Lipinski definition) is 0. The molecule has 0 radical (unpaired) electrons. The topological polar surface area (TPSA) is 90.0 Å². The molecule has 0 aliphatic carbocycles. The Hall–Kier alpha value is -3.11. The van der Waals surface area contributed by atoms with Crippen LogP contribution in [0, 0.1) is 5.82 Å². The van der Waals surface area contributed by atoms with Gasteiger partial charge in [-0.3, -0.25) is 4.31 Å². The largest absolute Gasteiger partial charge is 0.486 e. The van der Waals surface area contributed by atoms with Crippen LogP contribution in [0.1, 0.15) is 5.56 Å². The van der Waals surface area contributed by atoms with Crippen LogP contribution >= 0.6 is 0 Å². The first-order chi connectivity index (χ1) is 15.3. The number of sulfonamides is 1. The SMILES string of the molecule is O=S(=O)(c1ccc2c(c1)CCN2S(=O)(=O)c1cccc(F)c1)c1ccc2c(c1)OCCO2. The Labute approximate surface area is 185 Å². The lowest BCUT2D eigenvalue weighted by Crippen LogP contribution is -2.29. The zero-order valence-corrected chi connectivity index (χ0v) is 18.3. The van der Waals surface area contributed by atoms with Crippen LogP contribution < -0.4 is 13.8 Å². The minimum atomic E-state index is -3.97. The van der Waals surface area contributed by atoms with Crippen LogP contribution in [0.2, 0.25) is 0 Å². The van der Waals surface area contributed by atoms with Crippen LogP contribution in [0.25, 0.3) is 0 Å². The molecule has 2 aliphatic heterocycles. The van der Waals surface area contributed by atoms with Gasteiger partial charge >= 0.3 is 0 Å². The van der Waals surface area contributed by atoms with Gasteiger partial charge in [-0.15, -0.1) is 0 Å². The number of ether oxygens (including phenoxy) is 2. The average Bonchev–Trinajstić information content (AvgIpc) is 3.23. The number of sulfone groups is 1. The molecular weight excluding hydrogens is 457 g/mol. The summed E-state index contributed by atoms with van der Waals surface area (Å²) < 4.78 is 78.0. The van der Waals surface area contributed by atoms with Gasteiger partial charge in [0.1, 0.15) is 19.0 Å².